The highest BCUT2D eigenvalue weighted by atomic mass is 15.4. The summed E-state index contributed by atoms with van der Waals surface area (Å²) in [5, 5.41) is 8.48. The maximum atomic E-state index is 4.87. The first-order chi connectivity index (χ1) is 13.7. The van der Waals surface area contributed by atoms with Crippen molar-refractivity contribution in [3.63, 3.8) is 0 Å². The molecule has 0 bridgehead atoms. The van der Waals surface area contributed by atoms with Crippen molar-refractivity contribution in [1.29, 1.82) is 0 Å². The fourth-order valence-corrected chi connectivity index (χ4v) is 4.06. The van der Waals surface area contributed by atoms with Crippen LogP contribution in [0.5, 0.6) is 0 Å². The van der Waals surface area contributed by atoms with E-state index in [0.29, 0.717) is 0 Å². The Hall–Kier alpha value is -2.97. The highest BCUT2D eigenvalue weighted by Gasteiger charge is 2.24. The van der Waals surface area contributed by atoms with Gasteiger partial charge in [-0.3, -0.25) is 4.40 Å². The summed E-state index contributed by atoms with van der Waals surface area (Å²) in [6.45, 7) is 9.63. The zero-order chi connectivity index (χ0) is 19.1. The van der Waals surface area contributed by atoms with Crippen LogP contribution in [0.3, 0.4) is 0 Å². The number of aryl methyl sites for hydroxylation is 2. The molecule has 2 fully saturated rings. The zero-order valence-corrected chi connectivity index (χ0v) is 16.4. The minimum absolute atomic E-state index is 0.816. The Morgan fingerprint density at radius 1 is 0.821 bits per heavy atom. The molecule has 0 spiro atoms. The molecular weight excluding hydrogens is 354 g/mol. The van der Waals surface area contributed by atoms with Crippen molar-refractivity contribution in [3.8, 4) is 0 Å². The van der Waals surface area contributed by atoms with E-state index in [-0.39, 0.29) is 0 Å². The van der Waals surface area contributed by atoms with Crippen LogP contribution in [0.25, 0.3) is 5.65 Å². The third kappa shape index (κ3) is 3.00. The van der Waals surface area contributed by atoms with Gasteiger partial charge in [-0.15, -0.1) is 10.2 Å². The quantitative estimate of drug-likeness (QED) is 0.677. The normalized spacial score (nSPS) is 17.7. The molecule has 0 aromatic carbocycles. The van der Waals surface area contributed by atoms with Gasteiger partial charge in [0, 0.05) is 63.4 Å². The molecule has 2 aliphatic rings. The van der Waals surface area contributed by atoms with Crippen molar-refractivity contribution in [2.75, 3.05) is 54.0 Å². The molecule has 0 N–H and O–H groups in total. The molecule has 0 radical (unpaired) electrons. The lowest BCUT2D eigenvalue weighted by molar-refractivity contribution is 0.633. The van der Waals surface area contributed by atoms with Crippen LogP contribution in [0.1, 0.15) is 24.4 Å². The first-order valence-corrected chi connectivity index (χ1v) is 9.96. The molecule has 2 saturated heterocycles. The minimum atomic E-state index is 0.816. The largest absolute Gasteiger partial charge is 0.356 e. The van der Waals surface area contributed by atoms with E-state index in [1.807, 2.05) is 23.7 Å². The van der Waals surface area contributed by atoms with Crippen LogP contribution in [-0.4, -0.2) is 68.8 Å². The summed E-state index contributed by atoms with van der Waals surface area (Å²) in [5.41, 5.74) is 1.84. The van der Waals surface area contributed by atoms with Gasteiger partial charge in [0.05, 0.1) is 0 Å². The van der Waals surface area contributed by atoms with Crippen molar-refractivity contribution in [3.05, 3.63) is 30.0 Å². The number of piperazine rings is 1. The van der Waals surface area contributed by atoms with E-state index in [1.54, 1.807) is 0 Å². The van der Waals surface area contributed by atoms with E-state index in [0.717, 1.165) is 74.0 Å². The Morgan fingerprint density at radius 3 is 2.36 bits per heavy atom. The Kier molecular flexibility index (Phi) is 4.22. The fourth-order valence-electron chi connectivity index (χ4n) is 4.06. The molecule has 146 valence electrons. The lowest BCUT2D eigenvalue weighted by Crippen LogP contribution is -2.47. The third-order valence-electron chi connectivity index (χ3n) is 5.60. The van der Waals surface area contributed by atoms with Crippen LogP contribution >= 0.6 is 0 Å². The van der Waals surface area contributed by atoms with Crippen molar-refractivity contribution >= 4 is 23.2 Å². The number of fused-ring (bicyclic) bond motifs is 1. The van der Waals surface area contributed by atoms with E-state index in [4.69, 9.17) is 9.97 Å². The number of rotatable bonds is 3. The average Bonchev–Trinajstić information content (AvgIpc) is 3.38. The van der Waals surface area contributed by atoms with Crippen LogP contribution < -0.4 is 14.7 Å². The summed E-state index contributed by atoms with van der Waals surface area (Å²) in [6.07, 6.45) is 6.22. The first-order valence-electron chi connectivity index (χ1n) is 9.96. The summed E-state index contributed by atoms with van der Waals surface area (Å²) in [4.78, 5) is 21.1. The molecular formula is C19H25N9. The summed E-state index contributed by atoms with van der Waals surface area (Å²) in [5.74, 6) is 3.67. The number of aromatic nitrogens is 6. The van der Waals surface area contributed by atoms with E-state index < -0.39 is 0 Å². The molecule has 0 aliphatic carbocycles. The van der Waals surface area contributed by atoms with Crippen molar-refractivity contribution < 1.29 is 0 Å². The molecule has 0 unspecified atom stereocenters. The Labute approximate surface area is 164 Å². The van der Waals surface area contributed by atoms with Crippen LogP contribution in [0.15, 0.2) is 18.5 Å². The van der Waals surface area contributed by atoms with Gasteiger partial charge in [0.15, 0.2) is 5.82 Å². The summed E-state index contributed by atoms with van der Waals surface area (Å²) in [6, 6.07) is 2.10. The molecule has 3 aromatic heterocycles. The number of nitrogens with zero attached hydrogens (tertiary/aromatic N) is 9. The van der Waals surface area contributed by atoms with Gasteiger partial charge in [-0.25, -0.2) is 9.97 Å². The number of hydrogen-bond donors (Lipinski definition) is 0. The Morgan fingerprint density at radius 2 is 1.57 bits per heavy atom. The molecule has 5 heterocycles. The number of hydrogen-bond acceptors (Lipinski definition) is 8. The van der Waals surface area contributed by atoms with Crippen molar-refractivity contribution in [1.82, 2.24) is 29.5 Å². The second-order valence-electron chi connectivity index (χ2n) is 7.53. The monoisotopic (exact) mass is 379 g/mol. The fraction of sp³-hybridized carbons (Fsp3) is 0.526. The van der Waals surface area contributed by atoms with Gasteiger partial charge in [-0.05, 0) is 26.7 Å². The van der Waals surface area contributed by atoms with Gasteiger partial charge in [-0.1, -0.05) is 0 Å². The molecule has 0 amide bonds. The Bertz CT molecular complexity index is 984. The van der Waals surface area contributed by atoms with E-state index in [1.165, 1.54) is 12.8 Å². The second-order valence-corrected chi connectivity index (χ2v) is 7.53. The molecule has 5 rings (SSSR count). The van der Waals surface area contributed by atoms with E-state index in [9.17, 15) is 0 Å². The second kappa shape index (κ2) is 6.88. The lowest BCUT2D eigenvalue weighted by Gasteiger charge is -2.35. The van der Waals surface area contributed by atoms with Gasteiger partial charge in [0.2, 0.25) is 11.6 Å². The van der Waals surface area contributed by atoms with Crippen LogP contribution in [0, 0.1) is 13.8 Å². The molecule has 3 aromatic rings. The summed E-state index contributed by atoms with van der Waals surface area (Å²) in [7, 11) is 0. The SMILES string of the molecule is Cc1cc(N2CCCC2)nc(N2CCN(c3nccn4c(C)nnc34)CC2)n1. The molecule has 9 heteroatoms. The maximum absolute atomic E-state index is 4.87. The van der Waals surface area contributed by atoms with Gasteiger partial charge < -0.3 is 14.7 Å². The Balaban J connectivity index is 1.34. The standard InChI is InChI=1S/C19H25N9/c1-14-13-16(25-6-3-4-7-25)22-19(21-14)27-11-9-26(10-12-27)17-18-24-23-15(2)28(18)8-5-20-17/h5,8,13H,3-4,6-7,9-12H2,1-2H3. The molecule has 9 nitrogen and oxygen atoms in total. The topological polar surface area (TPSA) is 78.6 Å². The van der Waals surface area contributed by atoms with Crippen LogP contribution in [0.4, 0.5) is 17.6 Å². The predicted octanol–water partition coefficient (Wildman–Crippen LogP) is 1.46. The van der Waals surface area contributed by atoms with E-state index >= 15 is 0 Å². The third-order valence-corrected chi connectivity index (χ3v) is 5.60. The molecule has 28 heavy (non-hydrogen) atoms. The zero-order valence-electron chi connectivity index (χ0n) is 16.4. The highest BCUT2D eigenvalue weighted by Crippen LogP contribution is 2.24. The van der Waals surface area contributed by atoms with E-state index in [2.05, 4.69) is 42.9 Å². The summed E-state index contributed by atoms with van der Waals surface area (Å²) < 4.78 is 1.99. The lowest BCUT2D eigenvalue weighted by atomic mass is 10.3. The minimum Gasteiger partial charge on any atom is -0.356 e. The number of anilines is 3. The van der Waals surface area contributed by atoms with Crippen LogP contribution in [-0.2, 0) is 0 Å². The average molecular weight is 379 g/mol. The predicted molar refractivity (Wildman–Crippen MR) is 108 cm³/mol. The molecule has 2 aliphatic heterocycles. The van der Waals surface area contributed by atoms with Gasteiger partial charge in [0.1, 0.15) is 11.6 Å². The van der Waals surface area contributed by atoms with Gasteiger partial charge >= 0.3 is 0 Å². The van der Waals surface area contributed by atoms with Crippen LogP contribution in [0.2, 0.25) is 0 Å². The first kappa shape index (κ1) is 17.2. The summed E-state index contributed by atoms with van der Waals surface area (Å²) >= 11 is 0. The highest BCUT2D eigenvalue weighted by molar-refractivity contribution is 5.64. The smallest absolute Gasteiger partial charge is 0.227 e. The van der Waals surface area contributed by atoms with Gasteiger partial charge in [-0.2, -0.15) is 4.98 Å². The van der Waals surface area contributed by atoms with Crippen molar-refractivity contribution in [2.24, 2.45) is 0 Å². The van der Waals surface area contributed by atoms with Crippen molar-refractivity contribution in [2.45, 2.75) is 26.7 Å². The van der Waals surface area contributed by atoms with Gasteiger partial charge in [0.25, 0.3) is 0 Å². The molecule has 0 saturated carbocycles. The maximum Gasteiger partial charge on any atom is 0.227 e. The molecule has 0 atom stereocenters.